The molecule has 3 aromatic rings. The highest BCUT2D eigenvalue weighted by Gasteiger charge is 2.23. The van der Waals surface area contributed by atoms with Crippen LogP contribution in [0, 0.1) is 13.8 Å². The Kier molecular flexibility index (Phi) is 4.68. The number of rotatable bonds is 3. The molecule has 0 atom stereocenters. The van der Waals surface area contributed by atoms with Crippen LogP contribution in [0.5, 0.6) is 0 Å². The van der Waals surface area contributed by atoms with Gasteiger partial charge in [-0.3, -0.25) is 4.79 Å². The van der Waals surface area contributed by atoms with Crippen molar-refractivity contribution in [1.29, 1.82) is 0 Å². The van der Waals surface area contributed by atoms with Gasteiger partial charge in [0.2, 0.25) is 0 Å². The van der Waals surface area contributed by atoms with Gasteiger partial charge in [0, 0.05) is 17.3 Å². The number of nitrogens with zero attached hydrogens (tertiary/aromatic N) is 2. The molecule has 0 radical (unpaired) electrons. The molecule has 1 amide bonds. The van der Waals surface area contributed by atoms with E-state index in [1.54, 1.807) is 0 Å². The average molecular weight is 392 g/mol. The standard InChI is InChI=1S/C21H17N3OS2/c1-13-8-9-14(2)17(10-13)19-15(11-18-20(25)22-21(26)27-18)12-24(23-19)16-6-4-3-5-7-16/h3-12H,1-2H3,(H,22,25,26). The number of thioether (sulfide) groups is 1. The molecule has 0 saturated carbocycles. The molecule has 0 spiro atoms. The van der Waals surface area contributed by atoms with Crippen molar-refractivity contribution in [3.8, 4) is 16.9 Å². The number of carbonyl (C=O) groups excluding carboxylic acids is 1. The maximum absolute atomic E-state index is 12.1. The predicted molar refractivity (Wildman–Crippen MR) is 115 cm³/mol. The van der Waals surface area contributed by atoms with Gasteiger partial charge >= 0.3 is 0 Å². The van der Waals surface area contributed by atoms with Crippen LogP contribution < -0.4 is 5.32 Å². The molecule has 4 nitrogen and oxygen atoms in total. The van der Waals surface area contributed by atoms with Crippen LogP contribution in [0.3, 0.4) is 0 Å². The molecule has 27 heavy (non-hydrogen) atoms. The normalized spacial score (nSPS) is 15.4. The van der Waals surface area contributed by atoms with Crippen molar-refractivity contribution in [1.82, 2.24) is 15.1 Å². The van der Waals surface area contributed by atoms with Gasteiger partial charge in [-0.15, -0.1) is 0 Å². The van der Waals surface area contributed by atoms with Crippen LogP contribution in [0.1, 0.15) is 16.7 Å². The molecule has 1 aromatic heterocycles. The summed E-state index contributed by atoms with van der Waals surface area (Å²) in [6.07, 6.45) is 3.82. The summed E-state index contributed by atoms with van der Waals surface area (Å²) in [6.45, 7) is 4.13. The summed E-state index contributed by atoms with van der Waals surface area (Å²) in [4.78, 5) is 12.7. The number of benzene rings is 2. The van der Waals surface area contributed by atoms with Gasteiger partial charge in [0.15, 0.2) is 0 Å². The number of thiocarbonyl (C=S) groups is 1. The molecule has 1 fully saturated rings. The van der Waals surface area contributed by atoms with E-state index in [1.165, 1.54) is 11.8 Å². The first-order chi connectivity index (χ1) is 13.0. The van der Waals surface area contributed by atoms with Gasteiger partial charge < -0.3 is 5.32 Å². The van der Waals surface area contributed by atoms with Gasteiger partial charge in [0.05, 0.1) is 10.6 Å². The van der Waals surface area contributed by atoms with E-state index in [0.717, 1.165) is 33.6 Å². The van der Waals surface area contributed by atoms with Gasteiger partial charge in [-0.2, -0.15) is 5.10 Å². The molecule has 0 unspecified atom stereocenters. The Hall–Kier alpha value is -2.70. The minimum absolute atomic E-state index is 0.163. The average Bonchev–Trinajstić information content (AvgIpc) is 3.21. The molecule has 1 aliphatic heterocycles. The minimum Gasteiger partial charge on any atom is -0.307 e. The second-order valence-electron chi connectivity index (χ2n) is 6.38. The SMILES string of the molecule is Cc1ccc(C)c(-c2nn(-c3ccccc3)cc2C=C2SC(=S)NC2=O)c1. The maximum Gasteiger partial charge on any atom is 0.263 e. The highest BCUT2D eigenvalue weighted by Crippen LogP contribution is 2.32. The van der Waals surface area contributed by atoms with Crippen molar-refractivity contribution in [3.63, 3.8) is 0 Å². The number of aryl methyl sites for hydroxylation is 2. The summed E-state index contributed by atoms with van der Waals surface area (Å²) >= 11 is 6.38. The van der Waals surface area contributed by atoms with Crippen molar-refractivity contribution >= 4 is 40.3 Å². The first-order valence-corrected chi connectivity index (χ1v) is 9.71. The minimum atomic E-state index is -0.163. The van der Waals surface area contributed by atoms with Crippen molar-refractivity contribution < 1.29 is 4.79 Å². The summed E-state index contributed by atoms with van der Waals surface area (Å²) in [5.74, 6) is -0.163. The van der Waals surface area contributed by atoms with E-state index in [9.17, 15) is 4.79 Å². The number of hydrogen-bond acceptors (Lipinski definition) is 4. The summed E-state index contributed by atoms with van der Waals surface area (Å²) in [7, 11) is 0. The molecule has 4 rings (SSSR count). The third-order valence-electron chi connectivity index (χ3n) is 4.34. The lowest BCUT2D eigenvalue weighted by atomic mass is 10.0. The number of hydrogen-bond donors (Lipinski definition) is 1. The van der Waals surface area contributed by atoms with Crippen LogP contribution in [-0.4, -0.2) is 20.0 Å². The predicted octanol–water partition coefficient (Wildman–Crippen LogP) is 4.64. The zero-order chi connectivity index (χ0) is 19.0. The maximum atomic E-state index is 12.1. The quantitative estimate of drug-likeness (QED) is 0.522. The number of amides is 1. The summed E-state index contributed by atoms with van der Waals surface area (Å²) in [6, 6.07) is 16.2. The van der Waals surface area contributed by atoms with E-state index in [4.69, 9.17) is 17.3 Å². The van der Waals surface area contributed by atoms with E-state index in [0.29, 0.717) is 9.23 Å². The van der Waals surface area contributed by atoms with Crippen LogP contribution in [0.15, 0.2) is 59.6 Å². The molecule has 2 aromatic carbocycles. The van der Waals surface area contributed by atoms with Crippen molar-refractivity contribution in [2.75, 3.05) is 0 Å². The zero-order valence-electron chi connectivity index (χ0n) is 14.9. The smallest absolute Gasteiger partial charge is 0.263 e. The first kappa shape index (κ1) is 17.7. The van der Waals surface area contributed by atoms with Gasteiger partial charge in [0.1, 0.15) is 10.0 Å². The van der Waals surface area contributed by atoms with Gasteiger partial charge in [0.25, 0.3) is 5.91 Å². The molecular formula is C21H17N3OS2. The Morgan fingerprint density at radius 1 is 1.15 bits per heavy atom. The molecular weight excluding hydrogens is 374 g/mol. The van der Waals surface area contributed by atoms with E-state index in [1.807, 2.05) is 47.3 Å². The lowest BCUT2D eigenvalue weighted by Crippen LogP contribution is -2.17. The van der Waals surface area contributed by atoms with Crippen LogP contribution >= 0.6 is 24.0 Å². The Bertz CT molecular complexity index is 1080. The molecule has 2 heterocycles. The third-order valence-corrected chi connectivity index (χ3v) is 5.50. The number of nitrogens with one attached hydrogen (secondary N) is 1. The molecule has 1 aliphatic rings. The van der Waals surface area contributed by atoms with Crippen molar-refractivity contribution in [2.24, 2.45) is 0 Å². The summed E-state index contributed by atoms with van der Waals surface area (Å²) in [5.41, 5.74) is 6.05. The van der Waals surface area contributed by atoms with Gasteiger partial charge in [-0.1, -0.05) is 59.9 Å². The van der Waals surface area contributed by atoms with Crippen molar-refractivity contribution in [3.05, 3.63) is 76.3 Å². The Morgan fingerprint density at radius 2 is 1.93 bits per heavy atom. The summed E-state index contributed by atoms with van der Waals surface area (Å²) < 4.78 is 2.33. The summed E-state index contributed by atoms with van der Waals surface area (Å²) in [5, 5.41) is 7.50. The van der Waals surface area contributed by atoms with Crippen molar-refractivity contribution in [2.45, 2.75) is 13.8 Å². The Balaban J connectivity index is 1.89. The van der Waals surface area contributed by atoms with Crippen LogP contribution in [0.25, 0.3) is 23.0 Å². The molecule has 1 saturated heterocycles. The van der Waals surface area contributed by atoms with E-state index in [-0.39, 0.29) is 5.91 Å². The van der Waals surface area contributed by atoms with Gasteiger partial charge in [-0.05, 0) is 43.7 Å². The second-order valence-corrected chi connectivity index (χ2v) is 8.10. The first-order valence-electron chi connectivity index (χ1n) is 8.49. The molecule has 0 aliphatic carbocycles. The fourth-order valence-corrected chi connectivity index (χ4v) is 4.00. The van der Waals surface area contributed by atoms with Crippen LogP contribution in [-0.2, 0) is 4.79 Å². The van der Waals surface area contributed by atoms with Crippen LogP contribution in [0.2, 0.25) is 0 Å². The monoisotopic (exact) mass is 391 g/mol. The van der Waals surface area contributed by atoms with Gasteiger partial charge in [-0.25, -0.2) is 4.68 Å². The Labute approximate surface area is 167 Å². The highest BCUT2D eigenvalue weighted by molar-refractivity contribution is 8.26. The third kappa shape index (κ3) is 3.59. The van der Waals surface area contributed by atoms with E-state index in [2.05, 4.69) is 37.4 Å². The second kappa shape index (κ2) is 7.13. The number of para-hydroxylation sites is 1. The fraction of sp³-hybridized carbons (Fsp3) is 0.0952. The molecule has 1 N–H and O–H groups in total. The topological polar surface area (TPSA) is 46.9 Å². The van der Waals surface area contributed by atoms with E-state index < -0.39 is 0 Å². The largest absolute Gasteiger partial charge is 0.307 e. The Morgan fingerprint density at radius 3 is 2.63 bits per heavy atom. The zero-order valence-corrected chi connectivity index (χ0v) is 16.5. The molecule has 134 valence electrons. The lowest BCUT2D eigenvalue weighted by molar-refractivity contribution is -0.115. The molecule has 0 bridgehead atoms. The highest BCUT2D eigenvalue weighted by atomic mass is 32.2. The number of carbonyl (C=O) groups is 1. The van der Waals surface area contributed by atoms with E-state index >= 15 is 0 Å². The lowest BCUT2D eigenvalue weighted by Gasteiger charge is -2.06. The number of aromatic nitrogens is 2. The van der Waals surface area contributed by atoms with Crippen LogP contribution in [0.4, 0.5) is 0 Å². The molecule has 6 heteroatoms. The fourth-order valence-electron chi connectivity index (χ4n) is 2.97.